The first kappa shape index (κ1) is 20.9. The lowest BCUT2D eigenvalue weighted by Gasteiger charge is -2.35. The highest BCUT2D eigenvalue weighted by atomic mass is 16.5. The number of carboxylic acid groups (broad SMARTS) is 2. The van der Waals surface area contributed by atoms with Crippen LogP contribution in [0, 0.1) is 12.8 Å². The van der Waals surface area contributed by atoms with Gasteiger partial charge in [-0.3, -0.25) is 9.69 Å². The summed E-state index contributed by atoms with van der Waals surface area (Å²) in [6.45, 7) is 7.64. The number of aryl methyl sites for hydroxylation is 1. The molecule has 0 saturated carbocycles. The lowest BCUT2D eigenvalue weighted by Crippen LogP contribution is -2.46. The Bertz CT molecular complexity index is 632. The number of nitrogens with zero attached hydrogens (tertiary/aromatic N) is 2. The van der Waals surface area contributed by atoms with Crippen LogP contribution in [-0.2, 0) is 25.7 Å². The van der Waals surface area contributed by atoms with Gasteiger partial charge in [0.1, 0.15) is 11.5 Å². The van der Waals surface area contributed by atoms with Crippen LogP contribution in [0.1, 0.15) is 24.4 Å². The molecule has 0 bridgehead atoms. The number of carbonyl (C=O) groups is 3. The van der Waals surface area contributed by atoms with E-state index in [0.29, 0.717) is 19.1 Å². The van der Waals surface area contributed by atoms with E-state index in [1.807, 2.05) is 24.0 Å². The van der Waals surface area contributed by atoms with Crippen LogP contribution in [0.15, 0.2) is 16.5 Å². The first-order chi connectivity index (χ1) is 12.9. The Balaban J connectivity index is 0.000000380. The number of amides is 1. The van der Waals surface area contributed by atoms with Gasteiger partial charge >= 0.3 is 11.9 Å². The summed E-state index contributed by atoms with van der Waals surface area (Å²) in [5.74, 6) is -1.15. The highest BCUT2D eigenvalue weighted by molar-refractivity contribution is 6.27. The van der Waals surface area contributed by atoms with Crippen LogP contribution < -0.4 is 0 Å². The largest absolute Gasteiger partial charge is 0.473 e. The van der Waals surface area contributed by atoms with Gasteiger partial charge in [-0.05, 0) is 45.0 Å². The van der Waals surface area contributed by atoms with Gasteiger partial charge in [0.15, 0.2) is 0 Å². The minimum absolute atomic E-state index is 0.192. The maximum absolute atomic E-state index is 12.5. The molecule has 0 aromatic carbocycles. The summed E-state index contributed by atoms with van der Waals surface area (Å²) in [6.07, 6.45) is 1.91. The van der Waals surface area contributed by atoms with E-state index in [0.717, 1.165) is 57.1 Å². The molecule has 1 amide bonds. The Labute approximate surface area is 157 Å². The monoisotopic (exact) mass is 382 g/mol. The Hall–Kier alpha value is -2.39. The molecule has 1 aromatic heterocycles. The van der Waals surface area contributed by atoms with Crippen LogP contribution in [0.2, 0.25) is 0 Å². The molecule has 0 radical (unpaired) electrons. The fourth-order valence-electron chi connectivity index (χ4n) is 3.17. The molecule has 9 nitrogen and oxygen atoms in total. The molecule has 0 unspecified atom stereocenters. The third kappa shape index (κ3) is 6.69. The van der Waals surface area contributed by atoms with Crippen molar-refractivity contribution in [3.8, 4) is 0 Å². The third-order valence-corrected chi connectivity index (χ3v) is 4.62. The van der Waals surface area contributed by atoms with E-state index < -0.39 is 11.9 Å². The Morgan fingerprint density at radius 1 is 1.04 bits per heavy atom. The number of furan rings is 1. The molecule has 0 aliphatic carbocycles. The number of likely N-dealkylation sites (tertiary alicyclic amines) is 1. The predicted molar refractivity (Wildman–Crippen MR) is 94.1 cm³/mol. The lowest BCUT2D eigenvalue weighted by molar-refractivity contribution is -0.159. The Morgan fingerprint density at radius 3 is 2.11 bits per heavy atom. The van der Waals surface area contributed by atoms with Gasteiger partial charge in [-0.25, -0.2) is 9.59 Å². The van der Waals surface area contributed by atoms with Crippen molar-refractivity contribution in [2.45, 2.75) is 26.3 Å². The van der Waals surface area contributed by atoms with Crippen molar-refractivity contribution in [1.82, 2.24) is 9.80 Å². The molecule has 3 rings (SSSR count). The second-order valence-corrected chi connectivity index (χ2v) is 6.61. The molecule has 150 valence electrons. The van der Waals surface area contributed by atoms with Crippen LogP contribution in [0.25, 0.3) is 0 Å². The Morgan fingerprint density at radius 2 is 1.63 bits per heavy atom. The molecule has 2 fully saturated rings. The summed E-state index contributed by atoms with van der Waals surface area (Å²) in [5, 5.41) is 14.8. The van der Waals surface area contributed by atoms with E-state index in [1.165, 1.54) is 0 Å². The molecule has 2 saturated heterocycles. The molecule has 0 atom stereocenters. The zero-order chi connectivity index (χ0) is 19.8. The number of carbonyl (C=O) groups excluding carboxylic acids is 1. The first-order valence-electron chi connectivity index (χ1n) is 8.97. The molecule has 0 spiro atoms. The summed E-state index contributed by atoms with van der Waals surface area (Å²) in [6, 6.07) is 4.05. The van der Waals surface area contributed by atoms with Crippen molar-refractivity contribution in [1.29, 1.82) is 0 Å². The molecule has 2 aliphatic heterocycles. The van der Waals surface area contributed by atoms with Gasteiger partial charge < -0.3 is 24.3 Å². The van der Waals surface area contributed by atoms with Crippen molar-refractivity contribution >= 4 is 17.8 Å². The molecular formula is C18H26N2O7. The summed E-state index contributed by atoms with van der Waals surface area (Å²) < 4.78 is 10.9. The minimum atomic E-state index is -1.82. The number of rotatable bonds is 3. The Kier molecular flexibility index (Phi) is 7.81. The summed E-state index contributed by atoms with van der Waals surface area (Å²) in [4.78, 5) is 35.0. The molecule has 3 heterocycles. The fourth-order valence-corrected chi connectivity index (χ4v) is 3.17. The highest BCUT2D eigenvalue weighted by Crippen LogP contribution is 2.22. The topological polar surface area (TPSA) is 121 Å². The van der Waals surface area contributed by atoms with E-state index in [2.05, 4.69) is 4.90 Å². The van der Waals surface area contributed by atoms with E-state index >= 15 is 0 Å². The number of morpholine rings is 1. The van der Waals surface area contributed by atoms with Gasteiger partial charge in [-0.1, -0.05) is 0 Å². The van der Waals surface area contributed by atoms with E-state index in [-0.39, 0.29) is 5.92 Å². The van der Waals surface area contributed by atoms with E-state index in [4.69, 9.17) is 29.0 Å². The zero-order valence-corrected chi connectivity index (χ0v) is 15.4. The minimum Gasteiger partial charge on any atom is -0.473 e. The highest BCUT2D eigenvalue weighted by Gasteiger charge is 2.29. The predicted octanol–water partition coefficient (Wildman–Crippen LogP) is 0.814. The van der Waals surface area contributed by atoms with Crippen molar-refractivity contribution in [2.75, 3.05) is 39.4 Å². The number of ether oxygens (including phenoxy) is 1. The average molecular weight is 382 g/mol. The van der Waals surface area contributed by atoms with Gasteiger partial charge in [0, 0.05) is 19.0 Å². The van der Waals surface area contributed by atoms with Crippen LogP contribution in [-0.4, -0.2) is 77.3 Å². The zero-order valence-electron chi connectivity index (χ0n) is 15.4. The third-order valence-electron chi connectivity index (χ3n) is 4.62. The molecule has 9 heteroatoms. The molecule has 27 heavy (non-hydrogen) atoms. The van der Waals surface area contributed by atoms with E-state index in [1.54, 1.807) is 0 Å². The molecule has 2 aliphatic rings. The number of hydrogen-bond acceptors (Lipinski definition) is 6. The number of aliphatic carboxylic acids is 2. The average Bonchev–Trinajstić information content (AvgIpc) is 3.07. The van der Waals surface area contributed by atoms with Crippen molar-refractivity contribution in [3.63, 3.8) is 0 Å². The second-order valence-electron chi connectivity index (χ2n) is 6.61. The molecule has 2 N–H and O–H groups in total. The van der Waals surface area contributed by atoms with Gasteiger partial charge in [0.25, 0.3) is 0 Å². The van der Waals surface area contributed by atoms with Crippen LogP contribution >= 0.6 is 0 Å². The van der Waals surface area contributed by atoms with Gasteiger partial charge in [-0.15, -0.1) is 0 Å². The van der Waals surface area contributed by atoms with Crippen molar-refractivity contribution in [3.05, 3.63) is 23.7 Å². The second kappa shape index (κ2) is 10.1. The van der Waals surface area contributed by atoms with Crippen molar-refractivity contribution < 1.29 is 33.8 Å². The lowest BCUT2D eigenvalue weighted by atomic mass is 9.95. The molecular weight excluding hydrogens is 356 g/mol. The summed E-state index contributed by atoms with van der Waals surface area (Å²) in [7, 11) is 0. The number of carboxylic acids is 2. The van der Waals surface area contributed by atoms with Gasteiger partial charge in [-0.2, -0.15) is 0 Å². The van der Waals surface area contributed by atoms with Crippen LogP contribution in [0.4, 0.5) is 0 Å². The standard InChI is InChI=1S/C16H24N2O3.C2H2O4/c1-13-2-3-15(21-13)12-17-6-4-14(5-7-17)16(19)18-8-10-20-11-9-18;3-1(4)2(5)6/h2-3,14H,4-12H2,1H3;(H,3,4)(H,5,6). The van der Waals surface area contributed by atoms with E-state index in [9.17, 15) is 4.79 Å². The number of hydrogen-bond donors (Lipinski definition) is 2. The summed E-state index contributed by atoms with van der Waals surface area (Å²) >= 11 is 0. The normalized spacial score (nSPS) is 18.5. The SMILES string of the molecule is Cc1ccc(CN2CCC(C(=O)N3CCOCC3)CC2)o1.O=C(O)C(=O)O. The quantitative estimate of drug-likeness (QED) is 0.737. The number of piperidine rings is 1. The summed E-state index contributed by atoms with van der Waals surface area (Å²) in [5.41, 5.74) is 0. The van der Waals surface area contributed by atoms with Gasteiger partial charge in [0.05, 0.1) is 19.8 Å². The van der Waals surface area contributed by atoms with Crippen LogP contribution in [0.5, 0.6) is 0 Å². The van der Waals surface area contributed by atoms with Crippen LogP contribution in [0.3, 0.4) is 0 Å². The smallest absolute Gasteiger partial charge is 0.414 e. The van der Waals surface area contributed by atoms with Gasteiger partial charge in [0.2, 0.25) is 5.91 Å². The maximum atomic E-state index is 12.5. The molecule has 1 aromatic rings. The maximum Gasteiger partial charge on any atom is 0.414 e. The first-order valence-corrected chi connectivity index (χ1v) is 8.97. The van der Waals surface area contributed by atoms with Crippen molar-refractivity contribution in [2.24, 2.45) is 5.92 Å². The fraction of sp³-hybridized carbons (Fsp3) is 0.611.